The first-order chi connectivity index (χ1) is 10.1. The third kappa shape index (κ3) is 4.61. The summed E-state index contributed by atoms with van der Waals surface area (Å²) in [4.78, 5) is 15.6. The second-order valence-electron chi connectivity index (χ2n) is 5.45. The molecule has 21 heavy (non-hydrogen) atoms. The van der Waals surface area contributed by atoms with E-state index in [-0.39, 0.29) is 5.91 Å². The minimum atomic E-state index is 0.0384. The van der Waals surface area contributed by atoms with Gasteiger partial charge in [0.2, 0.25) is 5.91 Å². The van der Waals surface area contributed by atoms with Crippen molar-refractivity contribution in [2.75, 3.05) is 44.2 Å². The third-order valence-electron chi connectivity index (χ3n) is 3.94. The molecule has 0 atom stereocenters. The highest BCUT2D eigenvalue weighted by atomic mass is 35.5. The SMILES string of the molecule is CCc1ccc(N2CCN(CCNC(C)=O)CC2)c(Cl)c1. The molecule has 116 valence electrons. The van der Waals surface area contributed by atoms with Gasteiger partial charge in [-0.15, -0.1) is 0 Å². The van der Waals surface area contributed by atoms with Crippen LogP contribution in [0.4, 0.5) is 5.69 Å². The van der Waals surface area contributed by atoms with Crippen LogP contribution in [0, 0.1) is 0 Å². The van der Waals surface area contributed by atoms with Gasteiger partial charge in [0.1, 0.15) is 0 Å². The molecule has 0 saturated carbocycles. The molecular formula is C16H24ClN3O. The van der Waals surface area contributed by atoms with Gasteiger partial charge in [0.05, 0.1) is 10.7 Å². The maximum absolute atomic E-state index is 10.9. The van der Waals surface area contributed by atoms with Crippen molar-refractivity contribution in [1.82, 2.24) is 10.2 Å². The van der Waals surface area contributed by atoms with E-state index in [9.17, 15) is 4.79 Å². The Balaban J connectivity index is 1.85. The lowest BCUT2D eigenvalue weighted by molar-refractivity contribution is -0.119. The van der Waals surface area contributed by atoms with E-state index in [4.69, 9.17) is 11.6 Å². The van der Waals surface area contributed by atoms with Gasteiger partial charge in [0.25, 0.3) is 0 Å². The van der Waals surface area contributed by atoms with Crippen molar-refractivity contribution < 1.29 is 4.79 Å². The lowest BCUT2D eigenvalue weighted by Gasteiger charge is -2.36. The molecule has 1 N–H and O–H groups in total. The Hall–Kier alpha value is -1.26. The fourth-order valence-electron chi connectivity index (χ4n) is 2.63. The molecule has 1 heterocycles. The average Bonchev–Trinajstić information content (AvgIpc) is 2.47. The van der Waals surface area contributed by atoms with E-state index in [1.807, 2.05) is 0 Å². The van der Waals surface area contributed by atoms with Crippen molar-refractivity contribution in [3.05, 3.63) is 28.8 Å². The number of halogens is 1. The van der Waals surface area contributed by atoms with E-state index in [2.05, 4.69) is 40.2 Å². The number of benzene rings is 1. The molecule has 0 bridgehead atoms. The van der Waals surface area contributed by atoms with E-state index in [0.717, 1.165) is 56.4 Å². The van der Waals surface area contributed by atoms with Gasteiger partial charge in [-0.1, -0.05) is 24.6 Å². The minimum absolute atomic E-state index is 0.0384. The molecule has 5 heteroatoms. The Labute approximate surface area is 132 Å². The Morgan fingerprint density at radius 3 is 2.57 bits per heavy atom. The van der Waals surface area contributed by atoms with Gasteiger partial charge >= 0.3 is 0 Å². The lowest BCUT2D eigenvalue weighted by Crippen LogP contribution is -2.48. The van der Waals surface area contributed by atoms with Crippen molar-refractivity contribution in [2.24, 2.45) is 0 Å². The molecule has 0 aromatic heterocycles. The Morgan fingerprint density at radius 1 is 1.29 bits per heavy atom. The normalized spacial score (nSPS) is 16.0. The summed E-state index contributed by atoms with van der Waals surface area (Å²) in [5.74, 6) is 0.0384. The van der Waals surface area contributed by atoms with Crippen molar-refractivity contribution in [3.8, 4) is 0 Å². The van der Waals surface area contributed by atoms with E-state index < -0.39 is 0 Å². The number of hydrogen-bond donors (Lipinski definition) is 1. The van der Waals surface area contributed by atoms with Crippen molar-refractivity contribution >= 4 is 23.2 Å². The molecule has 0 unspecified atom stereocenters. The van der Waals surface area contributed by atoms with Gasteiger partial charge in [-0.05, 0) is 24.1 Å². The van der Waals surface area contributed by atoms with E-state index in [1.165, 1.54) is 5.56 Å². The second-order valence-corrected chi connectivity index (χ2v) is 5.86. The monoisotopic (exact) mass is 309 g/mol. The molecule has 0 aliphatic carbocycles. The maximum Gasteiger partial charge on any atom is 0.216 e. The van der Waals surface area contributed by atoms with Crippen LogP contribution in [0.2, 0.25) is 5.02 Å². The van der Waals surface area contributed by atoms with Crippen LogP contribution in [-0.2, 0) is 11.2 Å². The predicted molar refractivity (Wildman–Crippen MR) is 88.2 cm³/mol. The number of rotatable bonds is 5. The van der Waals surface area contributed by atoms with E-state index in [1.54, 1.807) is 6.92 Å². The van der Waals surface area contributed by atoms with Gasteiger partial charge in [-0.2, -0.15) is 0 Å². The highest BCUT2D eigenvalue weighted by Gasteiger charge is 2.18. The summed E-state index contributed by atoms with van der Waals surface area (Å²) in [6.45, 7) is 9.30. The number of nitrogens with zero attached hydrogens (tertiary/aromatic N) is 2. The molecule has 1 aliphatic heterocycles. The molecule has 4 nitrogen and oxygen atoms in total. The fourth-order valence-corrected chi connectivity index (χ4v) is 2.95. The van der Waals surface area contributed by atoms with Crippen LogP contribution in [0.3, 0.4) is 0 Å². The molecule has 1 aromatic carbocycles. The van der Waals surface area contributed by atoms with Crippen LogP contribution < -0.4 is 10.2 Å². The van der Waals surface area contributed by atoms with Crippen molar-refractivity contribution in [2.45, 2.75) is 20.3 Å². The number of amides is 1. The summed E-state index contributed by atoms with van der Waals surface area (Å²) in [5, 5.41) is 3.69. The number of nitrogens with one attached hydrogen (secondary N) is 1. The molecular weight excluding hydrogens is 286 g/mol. The van der Waals surface area contributed by atoms with Gasteiger partial charge < -0.3 is 10.2 Å². The number of anilines is 1. The van der Waals surface area contributed by atoms with Crippen LogP contribution in [-0.4, -0.2) is 50.1 Å². The number of aryl methyl sites for hydroxylation is 1. The van der Waals surface area contributed by atoms with Gasteiger partial charge in [-0.25, -0.2) is 0 Å². The first-order valence-corrected chi connectivity index (χ1v) is 7.98. The number of carbonyl (C=O) groups is 1. The van der Waals surface area contributed by atoms with Crippen LogP contribution >= 0.6 is 11.6 Å². The number of carbonyl (C=O) groups excluding carboxylic acids is 1. The van der Waals surface area contributed by atoms with Gasteiger partial charge in [0, 0.05) is 46.2 Å². The Kier molecular flexibility index (Phi) is 5.88. The quantitative estimate of drug-likeness (QED) is 0.905. The summed E-state index contributed by atoms with van der Waals surface area (Å²) in [5.41, 5.74) is 2.41. The Morgan fingerprint density at radius 2 is 2.00 bits per heavy atom. The zero-order chi connectivity index (χ0) is 15.2. The molecule has 1 aliphatic rings. The largest absolute Gasteiger partial charge is 0.368 e. The Bertz CT molecular complexity index is 484. The molecule has 1 saturated heterocycles. The molecule has 1 amide bonds. The topological polar surface area (TPSA) is 35.6 Å². The molecule has 2 rings (SSSR count). The highest BCUT2D eigenvalue weighted by Crippen LogP contribution is 2.27. The highest BCUT2D eigenvalue weighted by molar-refractivity contribution is 6.33. The third-order valence-corrected chi connectivity index (χ3v) is 4.24. The number of piperazine rings is 1. The van der Waals surface area contributed by atoms with E-state index >= 15 is 0 Å². The second kappa shape index (κ2) is 7.66. The standard InChI is InChI=1S/C16H24ClN3O/c1-3-14-4-5-16(15(17)12-14)20-10-8-19(9-11-20)7-6-18-13(2)21/h4-5,12H,3,6-11H2,1-2H3,(H,18,21). The van der Waals surface area contributed by atoms with Crippen LogP contribution in [0.5, 0.6) is 0 Å². The van der Waals surface area contributed by atoms with Crippen molar-refractivity contribution in [3.63, 3.8) is 0 Å². The first kappa shape index (κ1) is 16.1. The summed E-state index contributed by atoms with van der Waals surface area (Å²) in [7, 11) is 0. The molecule has 0 radical (unpaired) electrons. The number of hydrogen-bond acceptors (Lipinski definition) is 3. The molecule has 1 fully saturated rings. The predicted octanol–water partition coefficient (Wildman–Crippen LogP) is 2.16. The lowest BCUT2D eigenvalue weighted by atomic mass is 10.1. The zero-order valence-corrected chi connectivity index (χ0v) is 13.6. The van der Waals surface area contributed by atoms with Crippen LogP contribution in [0.1, 0.15) is 19.4 Å². The van der Waals surface area contributed by atoms with Crippen LogP contribution in [0.25, 0.3) is 0 Å². The molecule has 0 spiro atoms. The van der Waals surface area contributed by atoms with Crippen LogP contribution in [0.15, 0.2) is 18.2 Å². The fraction of sp³-hybridized carbons (Fsp3) is 0.562. The summed E-state index contributed by atoms with van der Waals surface area (Å²) >= 11 is 6.39. The maximum atomic E-state index is 10.9. The smallest absolute Gasteiger partial charge is 0.216 e. The summed E-state index contributed by atoms with van der Waals surface area (Å²) in [6.07, 6.45) is 1.01. The first-order valence-electron chi connectivity index (χ1n) is 7.60. The summed E-state index contributed by atoms with van der Waals surface area (Å²) in [6, 6.07) is 6.36. The minimum Gasteiger partial charge on any atom is -0.368 e. The van der Waals surface area contributed by atoms with Gasteiger partial charge in [-0.3, -0.25) is 9.69 Å². The van der Waals surface area contributed by atoms with E-state index in [0.29, 0.717) is 0 Å². The summed E-state index contributed by atoms with van der Waals surface area (Å²) < 4.78 is 0. The zero-order valence-electron chi connectivity index (χ0n) is 12.9. The molecule has 1 aromatic rings. The van der Waals surface area contributed by atoms with Crippen molar-refractivity contribution in [1.29, 1.82) is 0 Å². The van der Waals surface area contributed by atoms with Gasteiger partial charge in [0.15, 0.2) is 0 Å². The average molecular weight is 310 g/mol.